The van der Waals surface area contributed by atoms with E-state index < -0.39 is 0 Å². The molecule has 0 N–H and O–H groups in total. The van der Waals surface area contributed by atoms with Crippen LogP contribution in [-0.2, 0) is 6.42 Å². The number of terminal acetylenes is 1. The molecule has 0 unspecified atom stereocenters. The summed E-state index contributed by atoms with van der Waals surface area (Å²) in [6.07, 6.45) is 6.83. The maximum absolute atomic E-state index is 5.78. The minimum absolute atomic E-state index is 0.742. The fraction of sp³-hybridized carbons (Fsp3) is 0.200. The van der Waals surface area contributed by atoms with E-state index in [1.54, 1.807) is 0 Å². The van der Waals surface area contributed by atoms with E-state index in [4.69, 9.17) is 18.0 Å². The third kappa shape index (κ3) is 2.55. The number of aryl methyl sites for hydroxylation is 1. The highest BCUT2D eigenvalue weighted by atomic mass is 79.9. The normalized spacial score (nSPS) is 9.42. The molecule has 0 radical (unpaired) electrons. The van der Waals surface area contributed by atoms with E-state index in [0.29, 0.717) is 0 Å². The summed E-state index contributed by atoms with van der Waals surface area (Å²) in [6.45, 7) is 0. The molecule has 0 saturated heterocycles. The second-order valence-electron chi connectivity index (χ2n) is 2.44. The fourth-order valence-corrected chi connectivity index (χ4v) is 1.81. The molecule has 0 saturated carbocycles. The lowest BCUT2D eigenvalue weighted by Gasteiger charge is -2.01. The minimum Gasteiger partial charge on any atom is -0.120 e. The van der Waals surface area contributed by atoms with E-state index in [1.165, 1.54) is 5.56 Å². The molecule has 1 rings (SSSR count). The summed E-state index contributed by atoms with van der Waals surface area (Å²) in [5, 5.41) is 0.742. The van der Waals surface area contributed by atoms with Crippen molar-refractivity contribution in [2.45, 2.75) is 12.8 Å². The van der Waals surface area contributed by atoms with Crippen LogP contribution in [0.4, 0.5) is 0 Å². The first-order valence-electron chi connectivity index (χ1n) is 3.61. The zero-order valence-electron chi connectivity index (χ0n) is 6.48. The minimum atomic E-state index is 0.742. The van der Waals surface area contributed by atoms with Crippen molar-refractivity contribution in [1.82, 2.24) is 0 Å². The number of rotatable bonds is 2. The van der Waals surface area contributed by atoms with Crippen LogP contribution in [0.15, 0.2) is 22.7 Å². The van der Waals surface area contributed by atoms with Crippen molar-refractivity contribution in [1.29, 1.82) is 0 Å². The maximum atomic E-state index is 5.78. The van der Waals surface area contributed by atoms with Crippen molar-refractivity contribution < 1.29 is 0 Å². The average molecular weight is 244 g/mol. The summed E-state index contributed by atoms with van der Waals surface area (Å²) < 4.78 is 1.03. The van der Waals surface area contributed by atoms with Gasteiger partial charge in [-0.1, -0.05) is 33.6 Å². The van der Waals surface area contributed by atoms with Crippen molar-refractivity contribution in [3.05, 3.63) is 33.3 Å². The average Bonchev–Trinajstić information content (AvgIpc) is 2.03. The maximum Gasteiger partial charge on any atom is 0.0417 e. The summed E-state index contributed by atoms with van der Waals surface area (Å²) >= 11 is 9.20. The molecule has 0 aliphatic rings. The third-order valence-corrected chi connectivity index (χ3v) is 2.53. The van der Waals surface area contributed by atoms with Gasteiger partial charge < -0.3 is 0 Å². The van der Waals surface area contributed by atoms with Gasteiger partial charge in [-0.15, -0.1) is 12.3 Å². The summed E-state index contributed by atoms with van der Waals surface area (Å²) in [4.78, 5) is 0. The standard InChI is InChI=1S/C10H8BrCl/c1-2-3-4-8-5-6-9(12)7-10(8)11/h1,5-7H,3-4H2. The molecule has 0 bridgehead atoms. The van der Waals surface area contributed by atoms with Gasteiger partial charge in [0.25, 0.3) is 0 Å². The Morgan fingerprint density at radius 2 is 2.25 bits per heavy atom. The molecular weight excluding hydrogens is 235 g/mol. The zero-order chi connectivity index (χ0) is 8.97. The fourth-order valence-electron chi connectivity index (χ4n) is 0.931. The highest BCUT2D eigenvalue weighted by Gasteiger charge is 1.98. The molecule has 0 spiro atoms. The quantitative estimate of drug-likeness (QED) is 0.695. The van der Waals surface area contributed by atoms with Gasteiger partial charge in [-0.05, 0) is 24.1 Å². The Morgan fingerprint density at radius 3 is 2.83 bits per heavy atom. The molecule has 1 aromatic carbocycles. The summed E-state index contributed by atoms with van der Waals surface area (Å²) in [6, 6.07) is 5.75. The summed E-state index contributed by atoms with van der Waals surface area (Å²) in [5.41, 5.74) is 1.21. The lowest BCUT2D eigenvalue weighted by Crippen LogP contribution is -1.84. The van der Waals surface area contributed by atoms with Crippen molar-refractivity contribution in [2.75, 3.05) is 0 Å². The van der Waals surface area contributed by atoms with Crippen molar-refractivity contribution >= 4 is 27.5 Å². The topological polar surface area (TPSA) is 0 Å². The van der Waals surface area contributed by atoms with Crippen LogP contribution in [0.2, 0.25) is 5.02 Å². The van der Waals surface area contributed by atoms with Gasteiger partial charge in [-0.2, -0.15) is 0 Å². The largest absolute Gasteiger partial charge is 0.120 e. The lowest BCUT2D eigenvalue weighted by atomic mass is 10.1. The predicted molar refractivity (Wildman–Crippen MR) is 56.3 cm³/mol. The molecule has 12 heavy (non-hydrogen) atoms. The van der Waals surface area contributed by atoms with Crippen LogP contribution in [-0.4, -0.2) is 0 Å². The Bertz CT molecular complexity index is 312. The van der Waals surface area contributed by atoms with Crippen molar-refractivity contribution in [3.8, 4) is 12.3 Å². The van der Waals surface area contributed by atoms with Gasteiger partial charge in [-0.25, -0.2) is 0 Å². The van der Waals surface area contributed by atoms with Gasteiger partial charge in [0.05, 0.1) is 0 Å². The van der Waals surface area contributed by atoms with Crippen LogP contribution in [0, 0.1) is 12.3 Å². The third-order valence-electron chi connectivity index (χ3n) is 1.55. The zero-order valence-corrected chi connectivity index (χ0v) is 8.82. The van der Waals surface area contributed by atoms with E-state index in [1.807, 2.05) is 18.2 Å². The highest BCUT2D eigenvalue weighted by Crippen LogP contribution is 2.22. The van der Waals surface area contributed by atoms with E-state index >= 15 is 0 Å². The molecule has 0 amide bonds. The molecule has 0 aliphatic carbocycles. The number of hydrogen-bond acceptors (Lipinski definition) is 0. The Balaban J connectivity index is 2.81. The number of hydrogen-bond donors (Lipinski definition) is 0. The van der Waals surface area contributed by atoms with Gasteiger partial charge in [0, 0.05) is 15.9 Å². The Morgan fingerprint density at radius 1 is 1.50 bits per heavy atom. The van der Waals surface area contributed by atoms with Crippen molar-refractivity contribution in [2.24, 2.45) is 0 Å². The lowest BCUT2D eigenvalue weighted by molar-refractivity contribution is 1.02. The van der Waals surface area contributed by atoms with Crippen LogP contribution < -0.4 is 0 Å². The molecule has 1 aromatic rings. The number of benzene rings is 1. The van der Waals surface area contributed by atoms with Gasteiger partial charge in [0.15, 0.2) is 0 Å². The SMILES string of the molecule is C#CCCc1ccc(Cl)cc1Br. The van der Waals surface area contributed by atoms with Gasteiger partial charge in [0.2, 0.25) is 0 Å². The Hall–Kier alpha value is -0.450. The molecule has 0 nitrogen and oxygen atoms in total. The summed E-state index contributed by atoms with van der Waals surface area (Å²) in [7, 11) is 0. The van der Waals surface area contributed by atoms with Gasteiger partial charge >= 0.3 is 0 Å². The van der Waals surface area contributed by atoms with E-state index in [-0.39, 0.29) is 0 Å². The molecule has 2 heteroatoms. The van der Waals surface area contributed by atoms with E-state index in [9.17, 15) is 0 Å². The Labute approximate surface area is 86.1 Å². The molecular formula is C10H8BrCl. The second kappa shape index (κ2) is 4.54. The first kappa shape index (κ1) is 9.64. The predicted octanol–water partition coefficient (Wildman–Crippen LogP) is 3.67. The van der Waals surface area contributed by atoms with Crippen molar-refractivity contribution in [3.63, 3.8) is 0 Å². The smallest absolute Gasteiger partial charge is 0.0417 e. The van der Waals surface area contributed by atoms with Crippen LogP contribution in [0.25, 0.3) is 0 Å². The van der Waals surface area contributed by atoms with Gasteiger partial charge in [0.1, 0.15) is 0 Å². The molecule has 0 aliphatic heterocycles. The molecule has 0 heterocycles. The molecule has 0 fully saturated rings. The van der Waals surface area contributed by atoms with E-state index in [0.717, 1.165) is 22.3 Å². The highest BCUT2D eigenvalue weighted by molar-refractivity contribution is 9.10. The molecule has 0 atom stereocenters. The van der Waals surface area contributed by atoms with Crippen LogP contribution in [0.1, 0.15) is 12.0 Å². The summed E-state index contributed by atoms with van der Waals surface area (Å²) in [5.74, 6) is 2.60. The Kier molecular flexibility index (Phi) is 3.65. The first-order valence-corrected chi connectivity index (χ1v) is 4.78. The molecule has 0 aromatic heterocycles. The van der Waals surface area contributed by atoms with Crippen LogP contribution >= 0.6 is 27.5 Å². The molecule has 62 valence electrons. The van der Waals surface area contributed by atoms with Crippen LogP contribution in [0.5, 0.6) is 0 Å². The van der Waals surface area contributed by atoms with E-state index in [2.05, 4.69) is 21.9 Å². The number of halogens is 2. The monoisotopic (exact) mass is 242 g/mol. The van der Waals surface area contributed by atoms with Gasteiger partial charge in [-0.3, -0.25) is 0 Å². The first-order chi connectivity index (χ1) is 5.74. The van der Waals surface area contributed by atoms with Crippen LogP contribution in [0.3, 0.4) is 0 Å². The second-order valence-corrected chi connectivity index (χ2v) is 3.73.